The lowest BCUT2D eigenvalue weighted by Gasteiger charge is -2.07. The summed E-state index contributed by atoms with van der Waals surface area (Å²) in [6.45, 7) is 9.94. The van der Waals surface area contributed by atoms with Crippen LogP contribution in [0.5, 0.6) is 0 Å². The van der Waals surface area contributed by atoms with Gasteiger partial charge in [0.2, 0.25) is 0 Å². The first-order chi connectivity index (χ1) is 17.9. The van der Waals surface area contributed by atoms with Crippen LogP contribution in [0, 0.1) is 0 Å². The molecule has 0 radical (unpaired) electrons. The van der Waals surface area contributed by atoms with Crippen LogP contribution in [0.25, 0.3) is 0 Å². The molecule has 9 heteroatoms. The van der Waals surface area contributed by atoms with E-state index in [0.717, 1.165) is 45.7 Å². The summed E-state index contributed by atoms with van der Waals surface area (Å²) >= 11 is 0. The minimum atomic E-state index is -5.08. The average Bonchev–Trinajstić information content (AvgIpc) is 2.86. The third kappa shape index (κ3) is 37.3. The van der Waals surface area contributed by atoms with Crippen molar-refractivity contribution in [2.24, 2.45) is 5.73 Å². The molecule has 224 valence electrons. The Morgan fingerprint density at radius 1 is 0.568 bits per heavy atom. The van der Waals surface area contributed by atoms with Crippen molar-refractivity contribution in [2.75, 3.05) is 45.8 Å². The number of nitrogens with one attached hydrogen (secondary N) is 3. The Kier molecular flexibility index (Phi) is 32.4. The fourth-order valence-corrected chi connectivity index (χ4v) is 3.88. The summed E-state index contributed by atoms with van der Waals surface area (Å²) in [5.74, 6) is -2.76. The van der Waals surface area contributed by atoms with Gasteiger partial charge in [0, 0.05) is 0 Å². The maximum absolute atomic E-state index is 10.6. The highest BCUT2D eigenvalue weighted by Crippen LogP contribution is 2.13. The smallest absolute Gasteiger partial charge is 0.475 e. The van der Waals surface area contributed by atoms with Gasteiger partial charge in [0.15, 0.2) is 0 Å². The third-order valence-corrected chi connectivity index (χ3v) is 6.17. The summed E-state index contributed by atoms with van der Waals surface area (Å²) < 4.78 is 31.7. The summed E-state index contributed by atoms with van der Waals surface area (Å²) in [5, 5.41) is 17.7. The van der Waals surface area contributed by atoms with Crippen LogP contribution in [0.3, 0.4) is 0 Å². The molecule has 0 saturated heterocycles. The summed E-state index contributed by atoms with van der Waals surface area (Å²) in [7, 11) is 0. The molecule has 0 heterocycles. The number of alkyl halides is 3. The molecule has 0 rings (SSSR count). The van der Waals surface area contributed by atoms with E-state index in [0.29, 0.717) is 0 Å². The lowest BCUT2D eigenvalue weighted by Crippen LogP contribution is -2.24. The highest BCUT2D eigenvalue weighted by Gasteiger charge is 2.38. The minimum absolute atomic E-state index is 0.794. The molecular formula is C28H59F3N4O2. The molecule has 0 fully saturated rings. The van der Waals surface area contributed by atoms with Gasteiger partial charge in [-0.1, -0.05) is 90.4 Å². The van der Waals surface area contributed by atoms with E-state index >= 15 is 0 Å². The topological polar surface area (TPSA) is 99.4 Å². The number of carboxylic acids is 1. The predicted octanol–water partition coefficient (Wildman–Crippen LogP) is 6.39. The van der Waals surface area contributed by atoms with Crippen LogP contribution in [0.4, 0.5) is 13.2 Å². The molecule has 0 unspecified atom stereocenters. The van der Waals surface area contributed by atoms with Gasteiger partial charge in [-0.2, -0.15) is 13.2 Å². The monoisotopic (exact) mass is 540 g/mol. The Hall–Kier alpha value is -0.900. The van der Waals surface area contributed by atoms with Gasteiger partial charge in [-0.25, -0.2) is 4.79 Å². The van der Waals surface area contributed by atoms with Crippen molar-refractivity contribution in [3.63, 3.8) is 0 Å². The van der Waals surface area contributed by atoms with Crippen LogP contribution in [0.1, 0.15) is 122 Å². The number of halogens is 3. The van der Waals surface area contributed by atoms with Crippen molar-refractivity contribution in [1.82, 2.24) is 16.0 Å². The van der Waals surface area contributed by atoms with E-state index in [-0.39, 0.29) is 0 Å². The van der Waals surface area contributed by atoms with Crippen LogP contribution < -0.4 is 21.7 Å². The van der Waals surface area contributed by atoms with E-state index in [4.69, 9.17) is 15.6 Å². The van der Waals surface area contributed by atoms with E-state index in [1.54, 1.807) is 0 Å². The largest absolute Gasteiger partial charge is 0.490 e. The van der Waals surface area contributed by atoms with Gasteiger partial charge in [0.1, 0.15) is 0 Å². The van der Waals surface area contributed by atoms with Crippen molar-refractivity contribution in [2.45, 2.75) is 129 Å². The zero-order valence-corrected chi connectivity index (χ0v) is 23.7. The zero-order valence-electron chi connectivity index (χ0n) is 23.7. The molecule has 0 bridgehead atoms. The van der Waals surface area contributed by atoms with Crippen molar-refractivity contribution < 1.29 is 23.1 Å². The lowest BCUT2D eigenvalue weighted by atomic mass is 10.0. The molecule has 0 aromatic heterocycles. The highest BCUT2D eigenvalue weighted by atomic mass is 19.4. The second-order valence-corrected chi connectivity index (χ2v) is 9.85. The molecule has 0 aromatic rings. The molecule has 37 heavy (non-hydrogen) atoms. The Bertz CT molecular complexity index is 428. The molecule has 0 amide bonds. The molecule has 0 atom stereocenters. The first-order valence-electron chi connectivity index (χ1n) is 15.0. The summed E-state index contributed by atoms with van der Waals surface area (Å²) in [6, 6.07) is 0. The van der Waals surface area contributed by atoms with Crippen molar-refractivity contribution in [3.05, 3.63) is 0 Å². The van der Waals surface area contributed by atoms with Gasteiger partial charge < -0.3 is 26.8 Å². The third-order valence-electron chi connectivity index (χ3n) is 6.17. The van der Waals surface area contributed by atoms with Crippen LogP contribution in [0.2, 0.25) is 0 Å². The highest BCUT2D eigenvalue weighted by molar-refractivity contribution is 5.73. The van der Waals surface area contributed by atoms with Crippen LogP contribution in [0.15, 0.2) is 0 Å². The molecule has 0 aliphatic heterocycles. The first kappa shape index (κ1) is 38.2. The molecule has 0 spiro atoms. The van der Waals surface area contributed by atoms with Gasteiger partial charge >= 0.3 is 12.1 Å². The molecule has 0 saturated carbocycles. The number of carboxylic acid groups (broad SMARTS) is 1. The van der Waals surface area contributed by atoms with E-state index in [1.165, 1.54) is 116 Å². The zero-order chi connectivity index (χ0) is 27.9. The Labute approximate surface area is 225 Å². The molecule has 0 aromatic carbocycles. The number of hydrogen-bond donors (Lipinski definition) is 5. The fourth-order valence-electron chi connectivity index (χ4n) is 3.88. The molecule has 0 aliphatic rings. The van der Waals surface area contributed by atoms with E-state index in [1.807, 2.05) is 0 Å². The van der Waals surface area contributed by atoms with Crippen molar-refractivity contribution in [3.8, 4) is 0 Å². The lowest BCUT2D eigenvalue weighted by molar-refractivity contribution is -0.192. The average molecular weight is 541 g/mol. The maximum atomic E-state index is 10.6. The number of rotatable bonds is 27. The van der Waals surface area contributed by atoms with Gasteiger partial charge in [-0.05, 0) is 77.9 Å². The minimum Gasteiger partial charge on any atom is -0.475 e. The predicted molar refractivity (Wildman–Crippen MR) is 150 cm³/mol. The van der Waals surface area contributed by atoms with Crippen LogP contribution in [-0.2, 0) is 4.79 Å². The molecule has 6 N–H and O–H groups in total. The summed E-state index contributed by atoms with van der Waals surface area (Å²) in [6.07, 6.45) is 19.9. The number of aliphatic carboxylic acids is 1. The van der Waals surface area contributed by atoms with Crippen molar-refractivity contribution in [1.29, 1.82) is 0 Å². The molecule has 6 nitrogen and oxygen atoms in total. The second kappa shape index (κ2) is 31.3. The van der Waals surface area contributed by atoms with Gasteiger partial charge in [0.05, 0.1) is 0 Å². The number of nitrogens with two attached hydrogens (primary N) is 1. The maximum Gasteiger partial charge on any atom is 0.490 e. The summed E-state index contributed by atoms with van der Waals surface area (Å²) in [5.41, 5.74) is 5.47. The van der Waals surface area contributed by atoms with E-state index in [9.17, 15) is 13.2 Å². The summed E-state index contributed by atoms with van der Waals surface area (Å²) in [4.78, 5) is 8.90. The normalized spacial score (nSPS) is 11.4. The Morgan fingerprint density at radius 2 is 0.838 bits per heavy atom. The van der Waals surface area contributed by atoms with Crippen LogP contribution in [-0.4, -0.2) is 63.1 Å². The van der Waals surface area contributed by atoms with Crippen molar-refractivity contribution >= 4 is 5.97 Å². The van der Waals surface area contributed by atoms with Gasteiger partial charge in [-0.15, -0.1) is 0 Å². The fraction of sp³-hybridized carbons (Fsp3) is 0.964. The SMILES string of the molecule is CCCCCCCCCCCCCCCCNCCCNCCCCNCCCN.O=C(O)C(F)(F)F. The van der Waals surface area contributed by atoms with Gasteiger partial charge in [0.25, 0.3) is 0 Å². The number of hydrogen-bond acceptors (Lipinski definition) is 5. The number of unbranched alkanes of at least 4 members (excludes halogenated alkanes) is 14. The van der Waals surface area contributed by atoms with Gasteiger partial charge in [-0.3, -0.25) is 0 Å². The quantitative estimate of drug-likeness (QED) is 0.0775. The standard InChI is InChI=1S/C26H58N4.C2HF3O2/c1-2-3-4-5-6-7-8-9-10-11-12-13-14-15-21-29-25-19-26-30-23-17-16-22-28-24-18-20-27;3-2(4,5)1(6)7/h28-30H,2-27H2,1H3;(H,6,7). The van der Waals surface area contributed by atoms with E-state index < -0.39 is 12.1 Å². The number of carbonyl (C=O) groups is 1. The molecule has 0 aliphatic carbocycles. The second-order valence-electron chi connectivity index (χ2n) is 9.85. The van der Waals surface area contributed by atoms with Crippen LogP contribution >= 0.6 is 0 Å². The Morgan fingerprint density at radius 3 is 1.16 bits per heavy atom. The first-order valence-corrected chi connectivity index (χ1v) is 15.0. The van der Waals surface area contributed by atoms with E-state index in [2.05, 4.69) is 22.9 Å². The Balaban J connectivity index is 0. The molecular weight excluding hydrogens is 481 g/mol.